The summed E-state index contributed by atoms with van der Waals surface area (Å²) >= 11 is 0. The summed E-state index contributed by atoms with van der Waals surface area (Å²) < 4.78 is 0. The summed E-state index contributed by atoms with van der Waals surface area (Å²) in [6.45, 7) is 3.52. The minimum atomic E-state index is 0.867. The molecule has 1 nitrogen and oxygen atoms in total. The Labute approximate surface area is 99.5 Å². The van der Waals surface area contributed by atoms with Gasteiger partial charge in [0.2, 0.25) is 0 Å². The molecular formula is C15H23N. The van der Waals surface area contributed by atoms with Crippen LogP contribution in [0, 0.1) is 5.92 Å². The van der Waals surface area contributed by atoms with Gasteiger partial charge in [0.05, 0.1) is 0 Å². The van der Waals surface area contributed by atoms with Gasteiger partial charge in [-0.1, -0.05) is 44.4 Å². The highest BCUT2D eigenvalue weighted by atomic mass is 15.1. The molecular weight excluding hydrogens is 194 g/mol. The molecule has 1 heteroatoms. The van der Waals surface area contributed by atoms with Gasteiger partial charge in [-0.05, 0) is 30.4 Å². The second kappa shape index (κ2) is 5.38. The molecule has 0 bridgehead atoms. The van der Waals surface area contributed by atoms with E-state index < -0.39 is 0 Å². The molecule has 0 aliphatic carbocycles. The van der Waals surface area contributed by atoms with E-state index in [1.807, 2.05) is 0 Å². The Morgan fingerprint density at radius 1 is 1.25 bits per heavy atom. The average molecular weight is 217 g/mol. The molecule has 1 heterocycles. The third-order valence-corrected chi connectivity index (χ3v) is 3.66. The molecule has 1 aliphatic heterocycles. The van der Waals surface area contributed by atoms with Crippen LogP contribution >= 0.6 is 0 Å². The van der Waals surface area contributed by atoms with Crippen LogP contribution in [0.5, 0.6) is 0 Å². The minimum absolute atomic E-state index is 0.867. The molecule has 0 saturated carbocycles. The van der Waals surface area contributed by atoms with Crippen LogP contribution in [0.25, 0.3) is 0 Å². The van der Waals surface area contributed by atoms with Crippen molar-refractivity contribution in [2.75, 3.05) is 18.5 Å². The number of para-hydroxylation sites is 1. The van der Waals surface area contributed by atoms with Crippen LogP contribution in [-0.2, 0) is 6.42 Å². The highest BCUT2D eigenvalue weighted by Crippen LogP contribution is 2.30. The summed E-state index contributed by atoms with van der Waals surface area (Å²) in [7, 11) is 2.23. The predicted molar refractivity (Wildman–Crippen MR) is 71.0 cm³/mol. The Hall–Kier alpha value is -0.980. The first kappa shape index (κ1) is 11.5. The van der Waals surface area contributed by atoms with Crippen molar-refractivity contribution >= 4 is 5.69 Å². The first-order valence-electron chi connectivity index (χ1n) is 6.60. The van der Waals surface area contributed by atoms with Crippen LogP contribution in [0.15, 0.2) is 24.3 Å². The van der Waals surface area contributed by atoms with Crippen molar-refractivity contribution in [3.05, 3.63) is 29.8 Å². The Bertz CT molecular complexity index is 332. The zero-order chi connectivity index (χ0) is 11.4. The summed E-state index contributed by atoms with van der Waals surface area (Å²) in [6, 6.07) is 8.85. The molecule has 88 valence electrons. The highest BCUT2D eigenvalue weighted by molar-refractivity contribution is 5.55. The van der Waals surface area contributed by atoms with E-state index in [2.05, 4.69) is 43.1 Å². The first-order chi connectivity index (χ1) is 7.81. The topological polar surface area (TPSA) is 3.24 Å². The average Bonchev–Trinajstić information content (AvgIpc) is 2.30. The number of anilines is 1. The van der Waals surface area contributed by atoms with Gasteiger partial charge in [-0.2, -0.15) is 0 Å². The molecule has 0 spiro atoms. The van der Waals surface area contributed by atoms with Crippen molar-refractivity contribution in [3.63, 3.8) is 0 Å². The number of hydrogen-bond acceptors (Lipinski definition) is 1. The number of rotatable bonds is 4. The van der Waals surface area contributed by atoms with E-state index in [1.165, 1.54) is 49.9 Å². The van der Waals surface area contributed by atoms with Gasteiger partial charge in [0, 0.05) is 19.3 Å². The fraction of sp³-hybridized carbons (Fsp3) is 0.600. The summed E-state index contributed by atoms with van der Waals surface area (Å²) in [5.41, 5.74) is 2.98. The van der Waals surface area contributed by atoms with Gasteiger partial charge in [-0.25, -0.2) is 0 Å². The molecule has 0 saturated heterocycles. The van der Waals surface area contributed by atoms with E-state index in [0.717, 1.165) is 5.92 Å². The van der Waals surface area contributed by atoms with Gasteiger partial charge in [-0.3, -0.25) is 0 Å². The zero-order valence-electron chi connectivity index (χ0n) is 10.6. The van der Waals surface area contributed by atoms with Crippen LogP contribution in [0.1, 0.15) is 38.2 Å². The molecule has 0 fully saturated rings. The van der Waals surface area contributed by atoms with Crippen molar-refractivity contribution < 1.29 is 0 Å². The van der Waals surface area contributed by atoms with Gasteiger partial charge < -0.3 is 4.90 Å². The molecule has 1 aliphatic rings. The molecule has 1 unspecified atom stereocenters. The molecule has 1 aromatic rings. The molecule has 1 atom stereocenters. The number of fused-ring (bicyclic) bond motifs is 1. The lowest BCUT2D eigenvalue weighted by atomic mass is 9.89. The van der Waals surface area contributed by atoms with E-state index >= 15 is 0 Å². The van der Waals surface area contributed by atoms with E-state index in [9.17, 15) is 0 Å². The number of unbranched alkanes of at least 4 members (excludes halogenated alkanes) is 2. The number of nitrogens with zero attached hydrogens (tertiary/aromatic N) is 1. The number of benzene rings is 1. The molecule has 16 heavy (non-hydrogen) atoms. The third-order valence-electron chi connectivity index (χ3n) is 3.66. The van der Waals surface area contributed by atoms with Gasteiger partial charge in [0.1, 0.15) is 0 Å². The predicted octanol–water partition coefficient (Wildman–Crippen LogP) is 3.88. The monoisotopic (exact) mass is 217 g/mol. The van der Waals surface area contributed by atoms with Crippen molar-refractivity contribution in [1.82, 2.24) is 0 Å². The first-order valence-corrected chi connectivity index (χ1v) is 6.60. The maximum Gasteiger partial charge on any atom is 0.0396 e. The second-order valence-electron chi connectivity index (χ2n) is 5.08. The van der Waals surface area contributed by atoms with Crippen LogP contribution in [0.4, 0.5) is 5.69 Å². The molecule has 0 amide bonds. The maximum atomic E-state index is 2.43. The standard InChI is InChI=1S/C15H23N/c1-3-4-5-8-13-11-14-9-6-7-10-15(14)16(2)12-13/h6-7,9-10,13H,3-5,8,11-12H2,1-2H3. The van der Waals surface area contributed by atoms with Crippen LogP contribution in [0.2, 0.25) is 0 Å². The fourth-order valence-electron chi connectivity index (χ4n) is 2.79. The molecule has 2 rings (SSSR count). The normalized spacial score (nSPS) is 19.6. The van der Waals surface area contributed by atoms with Crippen molar-refractivity contribution in [3.8, 4) is 0 Å². The van der Waals surface area contributed by atoms with Gasteiger partial charge in [-0.15, -0.1) is 0 Å². The fourth-order valence-corrected chi connectivity index (χ4v) is 2.79. The summed E-state index contributed by atoms with van der Waals surface area (Å²) in [4.78, 5) is 2.43. The van der Waals surface area contributed by atoms with Crippen LogP contribution in [-0.4, -0.2) is 13.6 Å². The number of hydrogen-bond donors (Lipinski definition) is 0. The van der Waals surface area contributed by atoms with Crippen molar-refractivity contribution in [2.24, 2.45) is 5.92 Å². The van der Waals surface area contributed by atoms with Crippen molar-refractivity contribution in [1.29, 1.82) is 0 Å². The lowest BCUT2D eigenvalue weighted by molar-refractivity contribution is 0.444. The van der Waals surface area contributed by atoms with Gasteiger partial charge in [0.15, 0.2) is 0 Å². The third kappa shape index (κ3) is 2.58. The highest BCUT2D eigenvalue weighted by Gasteiger charge is 2.20. The summed E-state index contributed by atoms with van der Waals surface area (Å²) in [6.07, 6.45) is 6.80. The largest absolute Gasteiger partial charge is 0.374 e. The summed E-state index contributed by atoms with van der Waals surface area (Å²) in [5.74, 6) is 0.867. The Morgan fingerprint density at radius 2 is 2.06 bits per heavy atom. The second-order valence-corrected chi connectivity index (χ2v) is 5.08. The summed E-state index contributed by atoms with van der Waals surface area (Å²) in [5, 5.41) is 0. The van der Waals surface area contributed by atoms with Gasteiger partial charge >= 0.3 is 0 Å². The maximum absolute atomic E-state index is 2.43. The molecule has 0 radical (unpaired) electrons. The molecule has 0 aromatic heterocycles. The SMILES string of the molecule is CCCCCC1Cc2ccccc2N(C)C1. The van der Waals surface area contributed by atoms with E-state index in [0.29, 0.717) is 0 Å². The Kier molecular flexibility index (Phi) is 3.87. The van der Waals surface area contributed by atoms with Crippen LogP contribution in [0.3, 0.4) is 0 Å². The minimum Gasteiger partial charge on any atom is -0.374 e. The quantitative estimate of drug-likeness (QED) is 0.692. The Balaban J connectivity index is 1.98. The lowest BCUT2D eigenvalue weighted by Gasteiger charge is -2.33. The molecule has 1 aromatic carbocycles. The smallest absolute Gasteiger partial charge is 0.0396 e. The van der Waals surface area contributed by atoms with E-state index in [-0.39, 0.29) is 0 Å². The van der Waals surface area contributed by atoms with Gasteiger partial charge in [0.25, 0.3) is 0 Å². The molecule has 0 N–H and O–H groups in total. The lowest BCUT2D eigenvalue weighted by Crippen LogP contribution is -2.32. The van der Waals surface area contributed by atoms with Crippen molar-refractivity contribution in [2.45, 2.75) is 39.0 Å². The van der Waals surface area contributed by atoms with Crippen LogP contribution < -0.4 is 4.90 Å². The van der Waals surface area contributed by atoms with E-state index in [4.69, 9.17) is 0 Å². The van der Waals surface area contributed by atoms with E-state index in [1.54, 1.807) is 0 Å². The zero-order valence-corrected chi connectivity index (χ0v) is 10.6. The Morgan fingerprint density at radius 3 is 2.88 bits per heavy atom.